The molecule has 0 aromatic heterocycles. The van der Waals surface area contributed by atoms with Gasteiger partial charge in [-0.2, -0.15) is 0 Å². The monoisotopic (exact) mass is 432 g/mol. The second-order valence-corrected chi connectivity index (χ2v) is 6.80. The van der Waals surface area contributed by atoms with Crippen LogP contribution in [-0.4, -0.2) is 77.1 Å². The summed E-state index contributed by atoms with van der Waals surface area (Å²) in [7, 11) is 0. The van der Waals surface area contributed by atoms with Crippen LogP contribution in [0.4, 0.5) is 0 Å². The van der Waals surface area contributed by atoms with Crippen LogP contribution in [0.5, 0.6) is 0 Å². The van der Waals surface area contributed by atoms with Gasteiger partial charge >= 0.3 is 5.97 Å². The number of carbonyl (C=O) groups excluding carboxylic acids is 4. The normalized spacial score (nSPS) is 14.7. The molecule has 172 valence electrons. The lowest BCUT2D eigenvalue weighted by Crippen LogP contribution is -2.57. The molecule has 0 aliphatic carbocycles. The Morgan fingerprint density at radius 2 is 1.63 bits per heavy atom. The first-order valence-corrected chi connectivity index (χ1v) is 9.51. The second-order valence-electron chi connectivity index (χ2n) is 6.80. The number of nitrogens with one attached hydrogen (secondary N) is 3. The highest BCUT2D eigenvalue weighted by Crippen LogP contribution is 2.03. The van der Waals surface area contributed by atoms with Gasteiger partial charge in [0.25, 0.3) is 0 Å². The highest BCUT2D eigenvalue weighted by molar-refractivity contribution is 5.92. The van der Waals surface area contributed by atoms with Crippen molar-refractivity contribution in [3.05, 3.63) is 0 Å². The Kier molecular flexibility index (Phi) is 12.9. The molecule has 0 fully saturated rings. The smallest absolute Gasteiger partial charge is 0.326 e. The number of rotatable bonds is 15. The minimum absolute atomic E-state index is 0.00221. The molecule has 4 unspecified atom stereocenters. The predicted octanol–water partition coefficient (Wildman–Crippen LogP) is -3.74. The molecule has 4 amide bonds. The Hall–Kier alpha value is -2.77. The number of aliphatic hydroxyl groups is 1. The van der Waals surface area contributed by atoms with E-state index in [-0.39, 0.29) is 19.3 Å². The summed E-state index contributed by atoms with van der Waals surface area (Å²) in [5, 5.41) is 25.7. The molecule has 0 aromatic rings. The number of primary amides is 1. The van der Waals surface area contributed by atoms with E-state index >= 15 is 0 Å². The van der Waals surface area contributed by atoms with E-state index in [0.29, 0.717) is 19.4 Å². The average molecular weight is 432 g/mol. The number of hydrogen-bond acceptors (Lipinski definition) is 8. The van der Waals surface area contributed by atoms with E-state index in [2.05, 4.69) is 16.0 Å². The third-order valence-corrected chi connectivity index (χ3v) is 4.10. The van der Waals surface area contributed by atoms with Crippen molar-refractivity contribution in [1.29, 1.82) is 0 Å². The molecule has 13 heteroatoms. The van der Waals surface area contributed by atoms with Gasteiger partial charge in [-0.25, -0.2) is 4.79 Å². The molecule has 0 saturated heterocycles. The molecule has 0 spiro atoms. The summed E-state index contributed by atoms with van der Waals surface area (Å²) >= 11 is 0. The lowest BCUT2D eigenvalue weighted by molar-refractivity contribution is -0.143. The summed E-state index contributed by atoms with van der Waals surface area (Å²) < 4.78 is 0. The summed E-state index contributed by atoms with van der Waals surface area (Å²) in [5.74, 6) is -4.27. The van der Waals surface area contributed by atoms with E-state index in [1.165, 1.54) is 6.92 Å². The van der Waals surface area contributed by atoms with Gasteiger partial charge in [-0.3, -0.25) is 19.2 Å². The summed E-state index contributed by atoms with van der Waals surface area (Å²) in [5.41, 5.74) is 15.9. The van der Waals surface area contributed by atoms with Crippen molar-refractivity contribution in [2.75, 3.05) is 13.1 Å². The van der Waals surface area contributed by atoms with Gasteiger partial charge in [0.1, 0.15) is 12.1 Å². The summed E-state index contributed by atoms with van der Waals surface area (Å²) in [4.78, 5) is 58.1. The van der Waals surface area contributed by atoms with Crippen molar-refractivity contribution in [3.8, 4) is 0 Å². The molecule has 4 atom stereocenters. The maximum atomic E-state index is 12.3. The zero-order valence-electron chi connectivity index (χ0n) is 16.9. The van der Waals surface area contributed by atoms with Crippen molar-refractivity contribution in [2.45, 2.75) is 63.3 Å². The van der Waals surface area contributed by atoms with Gasteiger partial charge in [0.05, 0.1) is 18.7 Å². The maximum Gasteiger partial charge on any atom is 0.326 e. The zero-order chi connectivity index (χ0) is 23.3. The van der Waals surface area contributed by atoms with Crippen LogP contribution < -0.4 is 33.2 Å². The number of hydrogen-bond donors (Lipinski definition) is 8. The van der Waals surface area contributed by atoms with Crippen LogP contribution in [-0.2, 0) is 24.0 Å². The molecule has 0 aliphatic heterocycles. The Labute approximate surface area is 174 Å². The molecule has 0 radical (unpaired) electrons. The van der Waals surface area contributed by atoms with Gasteiger partial charge in [-0.1, -0.05) is 0 Å². The summed E-state index contributed by atoms with van der Waals surface area (Å²) in [6.45, 7) is 1.08. The number of aliphatic hydroxyl groups excluding tert-OH is 1. The summed E-state index contributed by atoms with van der Waals surface area (Å²) in [6.07, 6.45) is -0.235. The zero-order valence-corrected chi connectivity index (χ0v) is 16.9. The largest absolute Gasteiger partial charge is 0.480 e. The molecule has 0 aliphatic rings. The van der Waals surface area contributed by atoms with Crippen molar-refractivity contribution in [3.63, 3.8) is 0 Å². The molecule has 13 nitrogen and oxygen atoms in total. The number of carbonyl (C=O) groups is 5. The first-order valence-electron chi connectivity index (χ1n) is 9.51. The third kappa shape index (κ3) is 11.3. The molecule has 11 N–H and O–H groups in total. The average Bonchev–Trinajstić information content (AvgIpc) is 2.66. The molecule has 0 saturated carbocycles. The molecule has 30 heavy (non-hydrogen) atoms. The fraction of sp³-hybridized carbons (Fsp3) is 0.706. The lowest BCUT2D eigenvalue weighted by atomic mass is 10.1. The van der Waals surface area contributed by atoms with Crippen LogP contribution in [0.1, 0.15) is 39.0 Å². The number of amides is 4. The number of carboxylic acids is 1. The molecule has 0 bridgehead atoms. The van der Waals surface area contributed by atoms with E-state index in [4.69, 9.17) is 17.2 Å². The van der Waals surface area contributed by atoms with Crippen molar-refractivity contribution in [1.82, 2.24) is 16.0 Å². The van der Waals surface area contributed by atoms with Crippen LogP contribution in [0.15, 0.2) is 0 Å². The second kappa shape index (κ2) is 14.3. The third-order valence-electron chi connectivity index (χ3n) is 4.10. The van der Waals surface area contributed by atoms with Crippen molar-refractivity contribution < 1.29 is 34.2 Å². The lowest BCUT2D eigenvalue weighted by Gasteiger charge is -2.23. The van der Waals surface area contributed by atoms with Gasteiger partial charge in [0.2, 0.25) is 23.6 Å². The van der Waals surface area contributed by atoms with Crippen LogP contribution >= 0.6 is 0 Å². The quantitative estimate of drug-likeness (QED) is 0.118. The minimum Gasteiger partial charge on any atom is -0.480 e. The first-order chi connectivity index (χ1) is 14.0. The number of unbranched alkanes of at least 4 members (excludes halogenated alkanes) is 1. The SMILES string of the molecule is CC(O)C(NC(=O)CNC(=O)C(N)CCC(N)=O)C(=O)NC(CCCCN)C(=O)O. The molecule has 0 rings (SSSR count). The highest BCUT2D eigenvalue weighted by atomic mass is 16.4. The molecule has 0 aromatic carbocycles. The minimum atomic E-state index is -1.44. The molecule has 0 heterocycles. The fourth-order valence-electron chi connectivity index (χ4n) is 2.37. The number of aliphatic carboxylic acids is 1. The highest BCUT2D eigenvalue weighted by Gasteiger charge is 2.29. The Balaban J connectivity index is 4.72. The summed E-state index contributed by atoms with van der Waals surface area (Å²) in [6, 6.07) is -3.69. The van der Waals surface area contributed by atoms with Gasteiger partial charge in [0, 0.05) is 6.42 Å². The van der Waals surface area contributed by atoms with E-state index in [1.54, 1.807) is 0 Å². The van der Waals surface area contributed by atoms with Gasteiger partial charge in [-0.15, -0.1) is 0 Å². The van der Waals surface area contributed by atoms with Crippen LogP contribution in [0, 0.1) is 0 Å². The van der Waals surface area contributed by atoms with Crippen LogP contribution in [0.3, 0.4) is 0 Å². The predicted molar refractivity (Wildman–Crippen MR) is 105 cm³/mol. The Bertz CT molecular complexity index is 613. The topological polar surface area (TPSA) is 240 Å². The van der Waals surface area contributed by atoms with Crippen molar-refractivity contribution >= 4 is 29.6 Å². The fourth-order valence-corrected chi connectivity index (χ4v) is 2.37. The number of carboxylic acid groups (broad SMARTS) is 1. The first kappa shape index (κ1) is 27.2. The van der Waals surface area contributed by atoms with E-state index < -0.39 is 60.4 Å². The van der Waals surface area contributed by atoms with E-state index in [9.17, 15) is 34.2 Å². The Morgan fingerprint density at radius 1 is 1.00 bits per heavy atom. The van der Waals surface area contributed by atoms with E-state index in [0.717, 1.165) is 0 Å². The van der Waals surface area contributed by atoms with Gasteiger partial charge < -0.3 is 43.4 Å². The van der Waals surface area contributed by atoms with E-state index in [1.807, 2.05) is 0 Å². The van der Waals surface area contributed by atoms with Crippen molar-refractivity contribution in [2.24, 2.45) is 17.2 Å². The number of nitrogens with two attached hydrogens (primary N) is 3. The van der Waals surface area contributed by atoms with Gasteiger partial charge in [-0.05, 0) is 39.2 Å². The standard InChI is InChI=1S/C17H32N6O7/c1-9(24)14(16(28)22-11(17(29)30)4-2-3-7-18)23-13(26)8-21-15(27)10(19)5-6-12(20)25/h9-11,14,24H,2-8,18-19H2,1H3,(H2,20,25)(H,21,27)(H,22,28)(H,23,26)(H,29,30). The van der Waals surface area contributed by atoms with Crippen LogP contribution in [0.25, 0.3) is 0 Å². The van der Waals surface area contributed by atoms with Crippen LogP contribution in [0.2, 0.25) is 0 Å². The molecular formula is C17H32N6O7. The molecular weight excluding hydrogens is 400 g/mol. The van der Waals surface area contributed by atoms with Gasteiger partial charge in [0.15, 0.2) is 0 Å². The Morgan fingerprint density at radius 3 is 2.13 bits per heavy atom. The maximum absolute atomic E-state index is 12.3.